The SMILES string of the molecule is CCC(CC)(C[Si](C)(C)O[Si](C)(C)CC(CC)(CC)P(=O)(O)O)P(=O)(O)O. The predicted molar refractivity (Wildman–Crippen MR) is 116 cm³/mol. The summed E-state index contributed by atoms with van der Waals surface area (Å²) >= 11 is 0. The van der Waals surface area contributed by atoms with Crippen LogP contribution < -0.4 is 0 Å². The monoisotopic (exact) mass is 462 g/mol. The molecule has 0 bridgehead atoms. The van der Waals surface area contributed by atoms with Gasteiger partial charge in [0, 0.05) is 0 Å². The van der Waals surface area contributed by atoms with Gasteiger partial charge >= 0.3 is 15.2 Å². The highest BCUT2D eigenvalue weighted by atomic mass is 31.2. The second-order valence-electron chi connectivity index (χ2n) is 8.93. The van der Waals surface area contributed by atoms with Gasteiger partial charge < -0.3 is 23.7 Å². The zero-order chi connectivity index (χ0) is 21.9. The van der Waals surface area contributed by atoms with Crippen molar-refractivity contribution in [3.63, 3.8) is 0 Å². The summed E-state index contributed by atoms with van der Waals surface area (Å²) < 4.78 is 30.9. The van der Waals surface area contributed by atoms with Crippen molar-refractivity contribution < 1.29 is 32.8 Å². The molecule has 7 nitrogen and oxygen atoms in total. The van der Waals surface area contributed by atoms with Gasteiger partial charge in [-0.3, -0.25) is 9.13 Å². The predicted octanol–water partition coefficient (Wildman–Crippen LogP) is 4.89. The molecule has 0 saturated heterocycles. The van der Waals surface area contributed by atoms with Gasteiger partial charge in [0.2, 0.25) is 0 Å². The first kappa shape index (κ1) is 27.7. The van der Waals surface area contributed by atoms with E-state index in [-0.39, 0.29) is 0 Å². The molecule has 0 atom stereocenters. The highest BCUT2D eigenvalue weighted by molar-refractivity contribution is 7.54. The van der Waals surface area contributed by atoms with Gasteiger partial charge in [-0.15, -0.1) is 0 Å². The Labute approximate surface area is 166 Å². The summed E-state index contributed by atoms with van der Waals surface area (Å²) in [5, 5.41) is -2.19. The molecule has 0 amide bonds. The van der Waals surface area contributed by atoms with E-state index in [2.05, 4.69) is 0 Å². The molecule has 0 unspecified atom stereocenters. The summed E-state index contributed by atoms with van der Waals surface area (Å²) in [5.41, 5.74) is 0. The fraction of sp³-hybridized carbons (Fsp3) is 1.00. The fourth-order valence-electron chi connectivity index (χ4n) is 4.43. The van der Waals surface area contributed by atoms with Gasteiger partial charge in [0.15, 0.2) is 16.6 Å². The molecule has 0 rings (SSSR count). The number of rotatable bonds is 12. The van der Waals surface area contributed by atoms with Crippen molar-refractivity contribution in [2.24, 2.45) is 0 Å². The van der Waals surface area contributed by atoms with E-state index in [1.165, 1.54) is 0 Å². The summed E-state index contributed by atoms with van der Waals surface area (Å²) in [4.78, 5) is 39.8. The largest absolute Gasteiger partial charge is 0.455 e. The van der Waals surface area contributed by atoms with Crippen LogP contribution in [0.15, 0.2) is 0 Å². The Morgan fingerprint density at radius 3 is 1.04 bits per heavy atom. The first-order chi connectivity index (χ1) is 11.9. The first-order valence-electron chi connectivity index (χ1n) is 9.68. The lowest BCUT2D eigenvalue weighted by molar-refractivity contribution is 0.315. The molecule has 4 N–H and O–H groups in total. The van der Waals surface area contributed by atoms with Gasteiger partial charge in [0.05, 0.1) is 10.3 Å². The smallest absolute Gasteiger partial charge is 0.331 e. The molecule has 0 heterocycles. The third-order valence-electron chi connectivity index (χ3n) is 5.93. The van der Waals surface area contributed by atoms with Crippen LogP contribution in [-0.4, -0.2) is 46.5 Å². The lowest BCUT2D eigenvalue weighted by Gasteiger charge is -2.44. The highest BCUT2D eigenvalue weighted by Gasteiger charge is 2.52. The number of hydrogen-bond acceptors (Lipinski definition) is 3. The van der Waals surface area contributed by atoms with Crippen LogP contribution in [0.2, 0.25) is 38.3 Å². The maximum Gasteiger partial charge on any atom is 0.331 e. The van der Waals surface area contributed by atoms with Gasteiger partial charge in [0.25, 0.3) is 0 Å². The van der Waals surface area contributed by atoms with Gasteiger partial charge in [-0.1, -0.05) is 27.7 Å². The Morgan fingerprint density at radius 2 is 0.889 bits per heavy atom. The van der Waals surface area contributed by atoms with E-state index < -0.39 is 42.1 Å². The summed E-state index contributed by atoms with van der Waals surface area (Å²) in [6, 6.07) is 0.656. The van der Waals surface area contributed by atoms with Crippen molar-refractivity contribution in [3.8, 4) is 0 Å². The molecule has 0 spiro atoms. The van der Waals surface area contributed by atoms with Crippen molar-refractivity contribution in [2.45, 2.75) is 102 Å². The summed E-state index contributed by atoms with van der Waals surface area (Å²) in [5.74, 6) is 0. The lowest BCUT2D eigenvalue weighted by Crippen LogP contribution is -2.51. The van der Waals surface area contributed by atoms with Crippen LogP contribution in [0.5, 0.6) is 0 Å². The molecule has 0 aromatic heterocycles. The Morgan fingerprint density at radius 1 is 0.667 bits per heavy atom. The van der Waals surface area contributed by atoms with E-state index in [0.29, 0.717) is 37.8 Å². The van der Waals surface area contributed by atoms with Gasteiger partial charge in [0.1, 0.15) is 0 Å². The zero-order valence-electron chi connectivity index (χ0n) is 18.2. The van der Waals surface area contributed by atoms with Crippen LogP contribution in [0.25, 0.3) is 0 Å². The zero-order valence-corrected chi connectivity index (χ0v) is 21.9. The van der Waals surface area contributed by atoms with Crippen molar-refractivity contribution in [1.29, 1.82) is 0 Å². The van der Waals surface area contributed by atoms with Gasteiger partial charge in [-0.2, -0.15) is 0 Å². The highest BCUT2D eigenvalue weighted by Crippen LogP contribution is 2.60. The molecule has 0 aromatic rings. The van der Waals surface area contributed by atoms with Crippen LogP contribution in [0.1, 0.15) is 53.4 Å². The van der Waals surface area contributed by atoms with Gasteiger partial charge in [-0.25, -0.2) is 0 Å². The van der Waals surface area contributed by atoms with Crippen LogP contribution in [0, 0.1) is 0 Å². The molecule has 0 saturated carbocycles. The van der Waals surface area contributed by atoms with E-state index in [0.717, 1.165) is 0 Å². The normalized spacial score (nSPS) is 15.3. The van der Waals surface area contributed by atoms with Crippen molar-refractivity contribution in [2.75, 3.05) is 0 Å². The third kappa shape index (κ3) is 6.86. The Balaban J connectivity index is 5.70. The number of hydrogen-bond donors (Lipinski definition) is 4. The van der Waals surface area contributed by atoms with E-state index >= 15 is 0 Å². The minimum atomic E-state index is -4.30. The Bertz CT molecular complexity index is 525. The van der Waals surface area contributed by atoms with Crippen LogP contribution in [0.3, 0.4) is 0 Å². The molecule has 0 aliphatic heterocycles. The average Bonchev–Trinajstić information content (AvgIpc) is 2.46. The Kier molecular flexibility index (Phi) is 9.47. The van der Waals surface area contributed by atoms with Crippen molar-refractivity contribution >= 4 is 31.8 Å². The maximum absolute atomic E-state index is 12.2. The van der Waals surface area contributed by atoms with E-state index in [1.54, 1.807) is 27.7 Å². The van der Waals surface area contributed by atoms with Gasteiger partial charge in [-0.05, 0) is 64.0 Å². The lowest BCUT2D eigenvalue weighted by atomic mass is 10.1. The molecule has 0 aliphatic carbocycles. The van der Waals surface area contributed by atoms with E-state index in [9.17, 15) is 28.7 Å². The third-order valence-corrected chi connectivity index (χ3v) is 18.1. The van der Waals surface area contributed by atoms with Crippen molar-refractivity contribution in [3.05, 3.63) is 0 Å². The molecule has 11 heteroatoms. The minimum Gasteiger partial charge on any atom is -0.455 e. The maximum atomic E-state index is 12.2. The van der Waals surface area contributed by atoms with Crippen LogP contribution in [-0.2, 0) is 13.2 Å². The summed E-state index contributed by atoms with van der Waals surface area (Å²) in [6.45, 7) is 15.0. The molecule has 0 fully saturated rings. The topological polar surface area (TPSA) is 124 Å². The van der Waals surface area contributed by atoms with E-state index in [4.69, 9.17) is 4.12 Å². The van der Waals surface area contributed by atoms with E-state index in [1.807, 2.05) is 26.2 Å². The second-order valence-corrected chi connectivity index (χ2v) is 21.6. The minimum absolute atomic E-state index is 0.328. The second kappa shape index (κ2) is 9.23. The molecule has 0 aromatic carbocycles. The molecular formula is C16H40O7P2Si2. The molecule has 164 valence electrons. The Hall–Kier alpha value is 0.694. The molecular weight excluding hydrogens is 422 g/mol. The van der Waals surface area contributed by atoms with Crippen molar-refractivity contribution in [1.82, 2.24) is 0 Å². The molecule has 0 radical (unpaired) electrons. The quantitative estimate of drug-likeness (QED) is 0.240. The first-order valence-corrected chi connectivity index (χ1v) is 19.1. The molecule has 0 aliphatic rings. The van der Waals surface area contributed by atoms with Crippen LogP contribution >= 0.6 is 15.2 Å². The summed E-state index contributed by atoms with van der Waals surface area (Å²) in [7, 11) is -13.6. The van der Waals surface area contributed by atoms with Crippen LogP contribution in [0.4, 0.5) is 0 Å². The average molecular weight is 463 g/mol. The standard InChI is InChI=1S/C16H40O7P2Si2/c1-9-15(10-2,24(17,18)19)13-26(5,6)23-27(7,8)14-16(11-3,12-4)25(20,21)22/h9-14H2,1-8H3,(H2,17,18,19)(H2,20,21,22). The summed E-state index contributed by atoms with van der Waals surface area (Å²) in [6.07, 6.45) is 1.47. The molecule has 27 heavy (non-hydrogen) atoms. The fourth-order valence-corrected chi connectivity index (χ4v) is 20.7.